The summed E-state index contributed by atoms with van der Waals surface area (Å²) in [6.07, 6.45) is -4.60. The van der Waals surface area contributed by atoms with E-state index in [0.717, 1.165) is 6.07 Å². The Morgan fingerprint density at radius 2 is 2.18 bits per heavy atom. The molecular formula is C9H10F3N3O2. The number of halogens is 3. The Hall–Kier alpha value is -1.83. The molecular weight excluding hydrogens is 239 g/mol. The van der Waals surface area contributed by atoms with Crippen LogP contribution >= 0.6 is 0 Å². The number of hydrogen-bond acceptors (Lipinski definition) is 5. The molecule has 0 amide bonds. The Morgan fingerprint density at radius 1 is 1.53 bits per heavy atom. The van der Waals surface area contributed by atoms with Gasteiger partial charge >= 0.3 is 12.1 Å². The number of anilines is 1. The Labute approximate surface area is 94.7 Å². The van der Waals surface area contributed by atoms with Crippen LogP contribution < -0.4 is 11.3 Å². The van der Waals surface area contributed by atoms with Crippen molar-refractivity contribution >= 4 is 11.8 Å². The van der Waals surface area contributed by atoms with Gasteiger partial charge in [0.05, 0.1) is 6.61 Å². The van der Waals surface area contributed by atoms with Gasteiger partial charge in [-0.05, 0) is 19.1 Å². The van der Waals surface area contributed by atoms with Crippen molar-refractivity contribution in [1.29, 1.82) is 0 Å². The second kappa shape index (κ2) is 5.00. The molecule has 1 rings (SSSR count). The molecule has 0 radical (unpaired) electrons. The average Bonchev–Trinajstić information content (AvgIpc) is 2.27. The minimum Gasteiger partial charge on any atom is -0.462 e. The van der Waals surface area contributed by atoms with Crippen LogP contribution in [0.3, 0.4) is 0 Å². The molecule has 0 spiro atoms. The third kappa shape index (κ3) is 3.06. The molecule has 0 bridgehead atoms. The number of nitrogens with one attached hydrogen (secondary N) is 1. The SMILES string of the molecule is CCOC(=O)c1ccc(C(F)(F)F)nc1NN. The van der Waals surface area contributed by atoms with Crippen LogP contribution in [0.4, 0.5) is 19.0 Å². The summed E-state index contributed by atoms with van der Waals surface area (Å²) in [7, 11) is 0. The van der Waals surface area contributed by atoms with Crippen LogP contribution in [-0.2, 0) is 10.9 Å². The van der Waals surface area contributed by atoms with Gasteiger partial charge in [-0.3, -0.25) is 0 Å². The summed E-state index contributed by atoms with van der Waals surface area (Å²) >= 11 is 0. The van der Waals surface area contributed by atoms with Crippen molar-refractivity contribution in [1.82, 2.24) is 4.98 Å². The molecule has 1 heterocycles. The zero-order valence-electron chi connectivity index (χ0n) is 8.84. The van der Waals surface area contributed by atoms with Crippen molar-refractivity contribution < 1.29 is 22.7 Å². The molecule has 1 aromatic rings. The molecule has 0 unspecified atom stereocenters. The number of carbonyl (C=O) groups excluding carboxylic acids is 1. The molecule has 5 nitrogen and oxygen atoms in total. The van der Waals surface area contributed by atoms with Crippen LogP contribution in [0.5, 0.6) is 0 Å². The van der Waals surface area contributed by atoms with Gasteiger partial charge < -0.3 is 10.2 Å². The number of ether oxygens (including phenoxy) is 1. The first kappa shape index (κ1) is 13.2. The number of nitrogens with zero attached hydrogens (tertiary/aromatic N) is 1. The third-order valence-electron chi connectivity index (χ3n) is 1.82. The first-order valence-electron chi connectivity index (χ1n) is 4.62. The maximum absolute atomic E-state index is 12.3. The smallest absolute Gasteiger partial charge is 0.433 e. The number of hydrazine groups is 1. The summed E-state index contributed by atoms with van der Waals surface area (Å²) in [5, 5.41) is 0. The zero-order valence-corrected chi connectivity index (χ0v) is 8.84. The van der Waals surface area contributed by atoms with Crippen molar-refractivity contribution in [2.45, 2.75) is 13.1 Å². The molecule has 0 atom stereocenters. The summed E-state index contributed by atoms with van der Waals surface area (Å²) < 4.78 is 41.7. The van der Waals surface area contributed by atoms with Crippen molar-refractivity contribution in [3.05, 3.63) is 23.4 Å². The highest BCUT2D eigenvalue weighted by molar-refractivity contribution is 5.94. The molecule has 3 N–H and O–H groups in total. The predicted octanol–water partition coefficient (Wildman–Crippen LogP) is 1.56. The summed E-state index contributed by atoms with van der Waals surface area (Å²) in [6.45, 7) is 1.68. The fourth-order valence-electron chi connectivity index (χ4n) is 1.10. The van der Waals surface area contributed by atoms with Gasteiger partial charge in [-0.15, -0.1) is 0 Å². The third-order valence-corrected chi connectivity index (χ3v) is 1.82. The summed E-state index contributed by atoms with van der Waals surface area (Å²) in [6, 6.07) is 1.65. The van der Waals surface area contributed by atoms with Crippen molar-refractivity contribution in [3.8, 4) is 0 Å². The van der Waals surface area contributed by atoms with E-state index in [1.165, 1.54) is 0 Å². The second-order valence-electron chi connectivity index (χ2n) is 2.96. The lowest BCUT2D eigenvalue weighted by Gasteiger charge is -2.11. The largest absolute Gasteiger partial charge is 0.462 e. The number of nitrogens with two attached hydrogens (primary N) is 1. The molecule has 94 valence electrons. The monoisotopic (exact) mass is 249 g/mol. The number of hydrogen-bond donors (Lipinski definition) is 2. The highest BCUT2D eigenvalue weighted by Gasteiger charge is 2.33. The lowest BCUT2D eigenvalue weighted by Crippen LogP contribution is -2.18. The molecule has 8 heteroatoms. The number of pyridine rings is 1. The van der Waals surface area contributed by atoms with Gasteiger partial charge in [0.1, 0.15) is 11.3 Å². The van der Waals surface area contributed by atoms with Crippen molar-refractivity contribution in [2.75, 3.05) is 12.0 Å². The van der Waals surface area contributed by atoms with Crippen LogP contribution in [0, 0.1) is 0 Å². The van der Waals surface area contributed by atoms with E-state index in [4.69, 9.17) is 5.84 Å². The first-order valence-corrected chi connectivity index (χ1v) is 4.62. The zero-order chi connectivity index (χ0) is 13.1. The van der Waals surface area contributed by atoms with E-state index >= 15 is 0 Å². The van der Waals surface area contributed by atoms with Crippen LogP contribution in [0.1, 0.15) is 23.0 Å². The lowest BCUT2D eigenvalue weighted by atomic mass is 10.2. The van der Waals surface area contributed by atoms with E-state index in [9.17, 15) is 18.0 Å². The van der Waals surface area contributed by atoms with E-state index < -0.39 is 17.8 Å². The number of esters is 1. The average molecular weight is 249 g/mol. The minimum atomic E-state index is -4.60. The number of aromatic nitrogens is 1. The van der Waals surface area contributed by atoms with Crippen LogP contribution in [0.25, 0.3) is 0 Å². The Kier molecular flexibility index (Phi) is 3.89. The minimum absolute atomic E-state index is 0.101. The van der Waals surface area contributed by atoms with Crippen LogP contribution in [0.15, 0.2) is 12.1 Å². The highest BCUT2D eigenvalue weighted by atomic mass is 19.4. The van der Waals surface area contributed by atoms with Gasteiger partial charge in [0.15, 0.2) is 5.82 Å². The molecule has 0 saturated heterocycles. The highest BCUT2D eigenvalue weighted by Crippen LogP contribution is 2.29. The molecule has 0 aliphatic carbocycles. The van der Waals surface area contributed by atoms with Gasteiger partial charge in [-0.25, -0.2) is 15.6 Å². The summed E-state index contributed by atoms with van der Waals surface area (Å²) in [5.74, 6) is 3.84. The second-order valence-corrected chi connectivity index (χ2v) is 2.96. The topological polar surface area (TPSA) is 77.2 Å². The Balaban J connectivity index is 3.14. The van der Waals surface area contributed by atoms with Crippen molar-refractivity contribution in [3.63, 3.8) is 0 Å². The van der Waals surface area contributed by atoms with E-state index in [1.807, 2.05) is 5.43 Å². The predicted molar refractivity (Wildman–Crippen MR) is 53.0 cm³/mol. The van der Waals surface area contributed by atoms with E-state index in [1.54, 1.807) is 6.92 Å². The number of nitrogen functional groups attached to an aromatic ring is 1. The number of carbonyl (C=O) groups is 1. The molecule has 17 heavy (non-hydrogen) atoms. The van der Waals surface area contributed by atoms with E-state index in [-0.39, 0.29) is 18.0 Å². The molecule has 0 aromatic carbocycles. The Morgan fingerprint density at radius 3 is 2.65 bits per heavy atom. The molecule has 0 saturated carbocycles. The first-order chi connectivity index (χ1) is 7.90. The standard InChI is InChI=1S/C9H10F3N3O2/c1-2-17-8(16)5-3-4-6(9(10,11)12)14-7(5)15-13/h3-4H,2,13H2,1H3,(H,14,15). The molecule has 1 aromatic heterocycles. The fraction of sp³-hybridized carbons (Fsp3) is 0.333. The van der Waals surface area contributed by atoms with Gasteiger partial charge in [-0.1, -0.05) is 0 Å². The maximum atomic E-state index is 12.3. The molecule has 0 aliphatic heterocycles. The van der Waals surface area contributed by atoms with E-state index in [2.05, 4.69) is 9.72 Å². The van der Waals surface area contributed by atoms with E-state index in [0.29, 0.717) is 6.07 Å². The van der Waals surface area contributed by atoms with Gasteiger partial charge in [0.25, 0.3) is 0 Å². The van der Waals surface area contributed by atoms with Crippen LogP contribution in [0.2, 0.25) is 0 Å². The maximum Gasteiger partial charge on any atom is 0.433 e. The Bertz CT molecular complexity index is 420. The number of rotatable bonds is 3. The van der Waals surface area contributed by atoms with Gasteiger partial charge in [-0.2, -0.15) is 13.2 Å². The normalized spacial score (nSPS) is 11.1. The quantitative estimate of drug-likeness (QED) is 0.483. The van der Waals surface area contributed by atoms with Gasteiger partial charge in [0.2, 0.25) is 0 Å². The summed E-state index contributed by atoms with van der Waals surface area (Å²) in [5.41, 5.74) is 0.645. The molecule has 0 fully saturated rings. The molecule has 0 aliphatic rings. The van der Waals surface area contributed by atoms with Crippen LogP contribution in [-0.4, -0.2) is 17.6 Å². The fourth-order valence-corrected chi connectivity index (χ4v) is 1.10. The lowest BCUT2D eigenvalue weighted by molar-refractivity contribution is -0.141. The number of alkyl halides is 3. The summed E-state index contributed by atoms with van der Waals surface area (Å²) in [4.78, 5) is 14.6. The van der Waals surface area contributed by atoms with Gasteiger partial charge in [0, 0.05) is 0 Å². The van der Waals surface area contributed by atoms with Crippen molar-refractivity contribution in [2.24, 2.45) is 5.84 Å².